The molecule has 17 heavy (non-hydrogen) atoms. The largest absolute Gasteiger partial charge is 1.00 e. The van der Waals surface area contributed by atoms with E-state index in [2.05, 4.69) is 4.98 Å². The fourth-order valence-corrected chi connectivity index (χ4v) is 1.31. The van der Waals surface area contributed by atoms with E-state index >= 15 is 0 Å². The Hall–Kier alpha value is -1.05. The minimum absolute atomic E-state index is 0. The van der Waals surface area contributed by atoms with Crippen molar-refractivity contribution in [2.45, 2.75) is 6.18 Å². The summed E-state index contributed by atoms with van der Waals surface area (Å²) in [7, 11) is 0. The summed E-state index contributed by atoms with van der Waals surface area (Å²) < 4.78 is 37.9. The second kappa shape index (κ2) is 4.67. The van der Waals surface area contributed by atoms with E-state index < -0.39 is 23.5 Å². The number of alkyl halides is 3. The van der Waals surface area contributed by atoms with E-state index in [0.717, 1.165) is 22.7 Å². The van der Waals surface area contributed by atoms with Crippen molar-refractivity contribution in [2.24, 2.45) is 0 Å². The van der Waals surface area contributed by atoms with Gasteiger partial charge in [0, 0.05) is 6.20 Å². The number of pyridine rings is 1. The van der Waals surface area contributed by atoms with Crippen LogP contribution in [-0.2, 0) is 6.18 Å². The predicted octanol–water partition coefficient (Wildman–Crippen LogP) is -2.28. The molecule has 0 saturated heterocycles. The maximum Gasteiger partial charge on any atom is 1.00 e. The molecule has 0 aliphatic rings. The summed E-state index contributed by atoms with van der Waals surface area (Å²) >= 11 is 0. The smallest absolute Gasteiger partial charge is 0.542 e. The molecule has 0 spiro atoms. The molecule has 2 aromatic heterocycles. The number of halogens is 3. The fourth-order valence-electron chi connectivity index (χ4n) is 1.31. The zero-order valence-corrected chi connectivity index (χ0v) is 10.7. The summed E-state index contributed by atoms with van der Waals surface area (Å²) in [5.41, 5.74) is -0.687. The minimum Gasteiger partial charge on any atom is -0.542 e. The monoisotopic (exact) mass is 252 g/mol. The molecule has 0 aliphatic carbocycles. The first-order valence-corrected chi connectivity index (χ1v) is 4.15. The molecule has 0 atom stereocenters. The van der Waals surface area contributed by atoms with Gasteiger partial charge in [0.1, 0.15) is 5.97 Å². The van der Waals surface area contributed by atoms with Gasteiger partial charge >= 0.3 is 35.7 Å². The number of hydrogen-bond acceptors (Lipinski definition) is 3. The SMILES string of the molecule is O=C([O-])c1ncc2ccc(C(F)(F)F)cn12.[Na+]. The average Bonchev–Trinajstić information content (AvgIpc) is 2.58. The second-order valence-electron chi connectivity index (χ2n) is 3.08. The van der Waals surface area contributed by atoms with Crippen molar-refractivity contribution in [3.05, 3.63) is 35.9 Å². The molecule has 2 heterocycles. The van der Waals surface area contributed by atoms with E-state index in [4.69, 9.17) is 0 Å². The van der Waals surface area contributed by atoms with E-state index in [-0.39, 0.29) is 35.1 Å². The van der Waals surface area contributed by atoms with Crippen LogP contribution in [0.2, 0.25) is 0 Å². The Bertz CT molecular complexity index is 565. The Balaban J connectivity index is 0.00000144. The summed E-state index contributed by atoms with van der Waals surface area (Å²) in [6.07, 6.45) is -2.69. The van der Waals surface area contributed by atoms with Crippen molar-refractivity contribution in [2.75, 3.05) is 0 Å². The predicted molar refractivity (Wildman–Crippen MR) is 44.5 cm³/mol. The normalized spacial score (nSPS) is 11.2. The number of carbonyl (C=O) groups is 1. The summed E-state index contributed by atoms with van der Waals surface area (Å²) in [4.78, 5) is 14.0. The van der Waals surface area contributed by atoms with Gasteiger partial charge in [-0.15, -0.1) is 0 Å². The maximum absolute atomic E-state index is 12.4. The van der Waals surface area contributed by atoms with Crippen LogP contribution in [0.25, 0.3) is 5.52 Å². The first-order valence-electron chi connectivity index (χ1n) is 4.15. The number of aromatic nitrogens is 2. The molecule has 84 valence electrons. The van der Waals surface area contributed by atoms with Crippen molar-refractivity contribution in [3.8, 4) is 0 Å². The van der Waals surface area contributed by atoms with Crippen LogP contribution in [0.15, 0.2) is 24.5 Å². The number of fused-ring (bicyclic) bond motifs is 1. The van der Waals surface area contributed by atoms with Crippen molar-refractivity contribution in [3.63, 3.8) is 0 Å². The Morgan fingerprint density at radius 1 is 1.35 bits per heavy atom. The molecule has 0 unspecified atom stereocenters. The maximum atomic E-state index is 12.4. The number of carbonyl (C=O) groups excluding carboxylic acids is 1. The third-order valence-corrected chi connectivity index (χ3v) is 2.04. The zero-order valence-electron chi connectivity index (χ0n) is 8.65. The van der Waals surface area contributed by atoms with Crippen molar-refractivity contribution >= 4 is 11.5 Å². The molecule has 0 N–H and O–H groups in total. The van der Waals surface area contributed by atoms with Crippen LogP contribution in [-0.4, -0.2) is 15.4 Å². The molecular weight excluding hydrogens is 248 g/mol. The molecule has 0 radical (unpaired) electrons. The van der Waals surface area contributed by atoms with Gasteiger partial charge < -0.3 is 9.90 Å². The van der Waals surface area contributed by atoms with E-state index in [1.807, 2.05) is 0 Å². The van der Waals surface area contributed by atoms with Gasteiger partial charge in [0.15, 0.2) is 5.82 Å². The first-order chi connectivity index (χ1) is 7.39. The molecule has 2 rings (SSSR count). The summed E-state index contributed by atoms with van der Waals surface area (Å²) in [5, 5.41) is 10.6. The quantitative estimate of drug-likeness (QED) is 0.537. The number of carboxylic acids is 1. The average molecular weight is 252 g/mol. The van der Waals surface area contributed by atoms with Gasteiger partial charge in [-0.3, -0.25) is 4.40 Å². The van der Waals surface area contributed by atoms with Gasteiger partial charge in [0.05, 0.1) is 17.3 Å². The second-order valence-corrected chi connectivity index (χ2v) is 3.08. The van der Waals surface area contributed by atoms with E-state index in [0.29, 0.717) is 6.20 Å². The Labute approximate surface area is 115 Å². The van der Waals surface area contributed by atoms with Gasteiger partial charge in [-0.1, -0.05) is 0 Å². The van der Waals surface area contributed by atoms with E-state index in [9.17, 15) is 23.1 Å². The van der Waals surface area contributed by atoms with Gasteiger partial charge in [-0.25, -0.2) is 4.98 Å². The van der Waals surface area contributed by atoms with Crippen LogP contribution in [0, 0.1) is 0 Å². The molecule has 0 bridgehead atoms. The van der Waals surface area contributed by atoms with Crippen LogP contribution in [0.5, 0.6) is 0 Å². The minimum atomic E-state index is -4.53. The third kappa shape index (κ3) is 2.62. The van der Waals surface area contributed by atoms with Crippen molar-refractivity contribution < 1.29 is 52.6 Å². The van der Waals surface area contributed by atoms with E-state index in [1.165, 1.54) is 0 Å². The molecule has 0 fully saturated rings. The van der Waals surface area contributed by atoms with E-state index in [1.54, 1.807) is 0 Å². The molecule has 0 aliphatic heterocycles. The van der Waals surface area contributed by atoms with Crippen LogP contribution >= 0.6 is 0 Å². The number of rotatable bonds is 1. The van der Waals surface area contributed by atoms with Crippen LogP contribution in [0.1, 0.15) is 16.2 Å². The summed E-state index contributed by atoms with van der Waals surface area (Å²) in [6.45, 7) is 0. The van der Waals surface area contributed by atoms with Crippen molar-refractivity contribution in [1.82, 2.24) is 9.38 Å². The molecule has 0 saturated carbocycles. The Morgan fingerprint density at radius 2 is 2.00 bits per heavy atom. The number of carboxylic acid groups (broad SMARTS) is 1. The van der Waals surface area contributed by atoms with Gasteiger partial charge in [0.2, 0.25) is 0 Å². The summed E-state index contributed by atoms with van der Waals surface area (Å²) in [5.74, 6) is -2.18. The molecule has 8 heteroatoms. The standard InChI is InChI=1S/C9H5F3N2O2.Na/c10-9(11,12)5-1-2-6-3-13-7(8(15)16)14(6)4-5;/h1-4H,(H,15,16);/q;+1/p-1. The number of nitrogens with zero attached hydrogens (tertiary/aromatic N) is 2. The number of aromatic carboxylic acids is 1. The fraction of sp³-hybridized carbons (Fsp3) is 0.111. The topological polar surface area (TPSA) is 57.4 Å². The van der Waals surface area contributed by atoms with Crippen molar-refractivity contribution in [1.29, 1.82) is 0 Å². The van der Waals surface area contributed by atoms with Gasteiger partial charge in [-0.2, -0.15) is 13.2 Å². The summed E-state index contributed by atoms with van der Waals surface area (Å²) in [6, 6.07) is 2.00. The molecular formula is C9H4F3N2NaO2. The molecule has 0 amide bonds. The van der Waals surface area contributed by atoms with Crippen LogP contribution in [0.4, 0.5) is 13.2 Å². The Kier molecular flexibility index (Phi) is 3.85. The van der Waals surface area contributed by atoms with Crippen LogP contribution in [0.3, 0.4) is 0 Å². The van der Waals surface area contributed by atoms with Crippen LogP contribution < -0.4 is 34.7 Å². The number of imidazole rings is 1. The first kappa shape index (κ1) is 14.0. The molecule has 2 aromatic rings. The zero-order chi connectivity index (χ0) is 11.9. The number of hydrogen-bond donors (Lipinski definition) is 0. The third-order valence-electron chi connectivity index (χ3n) is 2.04. The van der Waals surface area contributed by atoms with Gasteiger partial charge in [-0.05, 0) is 12.1 Å². The molecule has 0 aromatic carbocycles. The molecule has 4 nitrogen and oxygen atoms in total. The Morgan fingerprint density at radius 3 is 2.53 bits per heavy atom. The van der Waals surface area contributed by atoms with Gasteiger partial charge in [0.25, 0.3) is 0 Å².